The third-order valence-corrected chi connectivity index (χ3v) is 0.604. The number of aliphatic hydroxyl groups excluding tert-OH is 1. The number of aliphatic hydroxyl groups is 1. The fourth-order valence-electron chi connectivity index (χ4n) is 0.301. The Morgan fingerprint density at radius 3 is 2.00 bits per heavy atom. The number of hydrogen-bond acceptors (Lipinski definition) is 3. The van der Waals surface area contributed by atoms with E-state index in [1.807, 2.05) is 0 Å². The Kier molecular flexibility index (Phi) is 1.05. The fourth-order valence-corrected chi connectivity index (χ4v) is 0.301. The lowest BCUT2D eigenvalue weighted by molar-refractivity contribution is -0.248. The highest BCUT2D eigenvalue weighted by Gasteiger charge is 2.11. The normalized spacial score (nSPS) is 25.5. The lowest BCUT2D eigenvalue weighted by atomic mass is 10.4. The van der Waals surface area contributed by atoms with Gasteiger partial charge in [0.2, 0.25) is 0 Å². The summed E-state index contributed by atoms with van der Waals surface area (Å²) in [6.07, 6.45) is -0.398. The van der Waals surface area contributed by atoms with E-state index in [4.69, 9.17) is 5.11 Å². The molecule has 3 heteroatoms. The Morgan fingerprint density at radius 2 is 1.83 bits per heavy atom. The number of rotatable bonds is 0. The van der Waals surface area contributed by atoms with Crippen molar-refractivity contribution in [3.63, 3.8) is 0 Å². The summed E-state index contributed by atoms with van der Waals surface area (Å²) in [7, 11) is 0. The molecule has 0 unspecified atom stereocenters. The Balaban J connectivity index is 2.18. The summed E-state index contributed by atoms with van der Waals surface area (Å²) >= 11 is 0. The smallest absolute Gasteiger partial charge is 0.110 e. The first-order chi connectivity index (χ1) is 2.89. The molecule has 1 aliphatic heterocycles. The predicted molar refractivity (Wildman–Crippen MR) is 17.9 cm³/mol. The van der Waals surface area contributed by atoms with Crippen LogP contribution >= 0.6 is 0 Å². The zero-order valence-electron chi connectivity index (χ0n) is 3.26. The maximum absolute atomic E-state index is 8.48. The van der Waals surface area contributed by atoms with Gasteiger partial charge in [0.1, 0.15) is 19.3 Å². The molecule has 0 aromatic heterocycles. The van der Waals surface area contributed by atoms with Gasteiger partial charge < -0.3 is 5.11 Å². The van der Waals surface area contributed by atoms with Crippen LogP contribution in [0.5, 0.6) is 0 Å². The Bertz CT molecular complexity index is 39.3. The molecule has 0 aromatic rings. The van der Waals surface area contributed by atoms with Crippen LogP contribution in [-0.2, 0) is 9.78 Å². The summed E-state index contributed by atoms with van der Waals surface area (Å²) in [4.78, 5) is 8.61. The largest absolute Gasteiger partial charge is 0.388 e. The van der Waals surface area contributed by atoms with E-state index in [-0.39, 0.29) is 0 Å². The molecule has 1 fully saturated rings. The lowest BCUT2D eigenvalue weighted by Crippen LogP contribution is -2.07. The van der Waals surface area contributed by atoms with Crippen molar-refractivity contribution < 1.29 is 14.9 Å². The molecule has 6 heavy (non-hydrogen) atoms. The van der Waals surface area contributed by atoms with E-state index in [0.29, 0.717) is 13.2 Å². The van der Waals surface area contributed by atoms with E-state index >= 15 is 0 Å². The van der Waals surface area contributed by atoms with Crippen LogP contribution in [-0.4, -0.2) is 24.4 Å². The van der Waals surface area contributed by atoms with Gasteiger partial charge in [0.15, 0.2) is 0 Å². The number of hydrogen-bond donors (Lipinski definition) is 1. The zero-order chi connectivity index (χ0) is 4.41. The van der Waals surface area contributed by atoms with Crippen LogP contribution in [0.1, 0.15) is 0 Å². The highest BCUT2D eigenvalue weighted by Crippen LogP contribution is 1.95. The molecule has 0 amide bonds. The Labute approximate surface area is 35.4 Å². The average molecular weight is 90.1 g/mol. The van der Waals surface area contributed by atoms with Gasteiger partial charge in [-0.3, -0.25) is 0 Å². The van der Waals surface area contributed by atoms with Crippen molar-refractivity contribution in [2.45, 2.75) is 6.10 Å². The van der Waals surface area contributed by atoms with Crippen molar-refractivity contribution in [2.75, 3.05) is 13.2 Å². The first kappa shape index (κ1) is 4.05. The van der Waals surface area contributed by atoms with E-state index in [1.165, 1.54) is 0 Å². The van der Waals surface area contributed by atoms with Gasteiger partial charge in [0.25, 0.3) is 0 Å². The molecule has 0 atom stereocenters. The Hall–Kier alpha value is -0.120. The summed E-state index contributed by atoms with van der Waals surface area (Å²) in [6, 6.07) is 0. The topological polar surface area (TPSA) is 38.7 Å². The highest BCUT2D eigenvalue weighted by atomic mass is 17.2. The first-order valence-corrected chi connectivity index (χ1v) is 1.82. The quantitative estimate of drug-likeness (QED) is 0.400. The van der Waals surface area contributed by atoms with Crippen LogP contribution in [0.15, 0.2) is 0 Å². The van der Waals surface area contributed by atoms with E-state index in [2.05, 4.69) is 9.78 Å². The van der Waals surface area contributed by atoms with Gasteiger partial charge in [-0.2, -0.15) is 0 Å². The van der Waals surface area contributed by atoms with Gasteiger partial charge in [0, 0.05) is 0 Å². The second-order valence-electron chi connectivity index (χ2n) is 1.22. The van der Waals surface area contributed by atoms with Crippen molar-refractivity contribution in [2.24, 2.45) is 0 Å². The molecule has 0 bridgehead atoms. The monoisotopic (exact) mass is 90.0 g/mol. The van der Waals surface area contributed by atoms with Crippen LogP contribution in [0.4, 0.5) is 0 Å². The molecule has 0 radical (unpaired) electrons. The van der Waals surface area contributed by atoms with Gasteiger partial charge >= 0.3 is 0 Å². The summed E-state index contributed by atoms with van der Waals surface area (Å²) in [5, 5.41) is 8.48. The van der Waals surface area contributed by atoms with E-state index in [0.717, 1.165) is 0 Å². The third-order valence-electron chi connectivity index (χ3n) is 0.604. The molecule has 36 valence electrons. The van der Waals surface area contributed by atoms with Gasteiger partial charge in [0.05, 0.1) is 0 Å². The molecule has 3 nitrogen and oxygen atoms in total. The molecule has 0 spiro atoms. The van der Waals surface area contributed by atoms with Crippen molar-refractivity contribution in [1.82, 2.24) is 0 Å². The second-order valence-corrected chi connectivity index (χ2v) is 1.22. The van der Waals surface area contributed by atoms with Crippen LogP contribution in [0.2, 0.25) is 0 Å². The molecule has 0 aliphatic carbocycles. The zero-order valence-corrected chi connectivity index (χ0v) is 3.26. The van der Waals surface area contributed by atoms with E-state index < -0.39 is 6.10 Å². The molecule has 1 saturated heterocycles. The maximum Gasteiger partial charge on any atom is 0.110 e. The van der Waals surface area contributed by atoms with Gasteiger partial charge in [-0.1, -0.05) is 0 Å². The van der Waals surface area contributed by atoms with Crippen molar-refractivity contribution in [1.29, 1.82) is 0 Å². The summed E-state index contributed by atoms with van der Waals surface area (Å²) in [5.74, 6) is 0. The van der Waals surface area contributed by atoms with Gasteiger partial charge in [-0.05, 0) is 0 Å². The standard InChI is InChI=1S/C3H6O3/c4-3-1-5-6-2-3/h3-4H,1-2H2. The average Bonchev–Trinajstić information content (AvgIpc) is 1.86. The summed E-state index contributed by atoms with van der Waals surface area (Å²) in [5.41, 5.74) is 0. The van der Waals surface area contributed by atoms with Crippen molar-refractivity contribution in [3.8, 4) is 0 Å². The van der Waals surface area contributed by atoms with Crippen LogP contribution in [0.25, 0.3) is 0 Å². The van der Waals surface area contributed by atoms with Crippen LogP contribution in [0.3, 0.4) is 0 Å². The minimum Gasteiger partial charge on any atom is -0.388 e. The van der Waals surface area contributed by atoms with Crippen molar-refractivity contribution >= 4 is 0 Å². The minimum absolute atomic E-state index is 0.319. The Morgan fingerprint density at radius 1 is 1.33 bits per heavy atom. The first-order valence-electron chi connectivity index (χ1n) is 1.82. The fraction of sp³-hybridized carbons (Fsp3) is 1.00. The SMILES string of the molecule is OC1COOC1. The van der Waals surface area contributed by atoms with Crippen LogP contribution in [0, 0.1) is 0 Å². The van der Waals surface area contributed by atoms with E-state index in [9.17, 15) is 0 Å². The molecule has 0 aromatic carbocycles. The second kappa shape index (κ2) is 1.55. The molecule has 1 rings (SSSR count). The highest BCUT2D eigenvalue weighted by molar-refractivity contribution is 4.50. The van der Waals surface area contributed by atoms with Gasteiger partial charge in [-0.15, -0.1) is 0 Å². The lowest BCUT2D eigenvalue weighted by Gasteiger charge is -1.85. The van der Waals surface area contributed by atoms with E-state index in [1.54, 1.807) is 0 Å². The molecular weight excluding hydrogens is 84.0 g/mol. The van der Waals surface area contributed by atoms with Crippen molar-refractivity contribution in [3.05, 3.63) is 0 Å². The third kappa shape index (κ3) is 0.680. The molecular formula is C3H6O3. The van der Waals surface area contributed by atoms with Gasteiger partial charge in [-0.25, -0.2) is 9.78 Å². The predicted octanol–water partition coefficient (Wildman–Crippen LogP) is -0.691. The minimum atomic E-state index is -0.398. The molecule has 1 N–H and O–H groups in total. The maximum atomic E-state index is 8.48. The molecule has 0 saturated carbocycles. The van der Waals surface area contributed by atoms with Crippen LogP contribution < -0.4 is 0 Å². The summed E-state index contributed by atoms with van der Waals surface area (Å²) < 4.78 is 0. The summed E-state index contributed by atoms with van der Waals surface area (Å²) in [6.45, 7) is 0.639. The molecule has 1 aliphatic rings. The molecule has 1 heterocycles.